The predicted octanol–water partition coefficient (Wildman–Crippen LogP) is 3.31. The van der Waals surface area contributed by atoms with Crippen LogP contribution in [0.5, 0.6) is 0 Å². The van der Waals surface area contributed by atoms with Crippen LogP contribution in [0.4, 0.5) is 0 Å². The SMILES string of the molecule is CC(C)(C)[Si](C)(C)OCCNC(=O)C1CCCC1. The van der Waals surface area contributed by atoms with Gasteiger partial charge in [-0.15, -0.1) is 0 Å². The molecule has 0 unspecified atom stereocenters. The van der Waals surface area contributed by atoms with E-state index in [2.05, 4.69) is 39.2 Å². The maximum absolute atomic E-state index is 11.8. The lowest BCUT2D eigenvalue weighted by Crippen LogP contribution is -2.43. The second kappa shape index (κ2) is 6.20. The molecule has 0 spiro atoms. The summed E-state index contributed by atoms with van der Waals surface area (Å²) >= 11 is 0. The van der Waals surface area contributed by atoms with Gasteiger partial charge in [0.05, 0.1) is 6.61 Å². The van der Waals surface area contributed by atoms with Crippen LogP contribution >= 0.6 is 0 Å². The van der Waals surface area contributed by atoms with Crippen molar-refractivity contribution < 1.29 is 9.22 Å². The van der Waals surface area contributed by atoms with Gasteiger partial charge in [-0.05, 0) is 31.0 Å². The van der Waals surface area contributed by atoms with Crippen LogP contribution in [0.1, 0.15) is 46.5 Å². The molecule has 0 aromatic heterocycles. The van der Waals surface area contributed by atoms with Crippen LogP contribution in [-0.2, 0) is 9.22 Å². The molecular weight excluding hydrogens is 242 g/mol. The normalized spacial score (nSPS) is 18.1. The molecule has 106 valence electrons. The van der Waals surface area contributed by atoms with Gasteiger partial charge < -0.3 is 9.74 Å². The van der Waals surface area contributed by atoms with Gasteiger partial charge in [0.2, 0.25) is 5.91 Å². The Labute approximate surface area is 113 Å². The Kier molecular flexibility index (Phi) is 5.41. The lowest BCUT2D eigenvalue weighted by Gasteiger charge is -2.36. The van der Waals surface area contributed by atoms with Crippen LogP contribution in [0.3, 0.4) is 0 Å². The summed E-state index contributed by atoms with van der Waals surface area (Å²) in [6.07, 6.45) is 4.54. The maximum Gasteiger partial charge on any atom is 0.223 e. The first kappa shape index (κ1) is 15.7. The average molecular weight is 271 g/mol. The molecule has 0 heterocycles. The molecule has 1 rings (SSSR count). The van der Waals surface area contributed by atoms with E-state index in [1.54, 1.807) is 0 Å². The summed E-state index contributed by atoms with van der Waals surface area (Å²) in [7, 11) is -1.66. The van der Waals surface area contributed by atoms with E-state index >= 15 is 0 Å². The van der Waals surface area contributed by atoms with Crippen LogP contribution in [0.25, 0.3) is 0 Å². The van der Waals surface area contributed by atoms with Crippen molar-refractivity contribution in [2.45, 2.75) is 64.6 Å². The van der Waals surface area contributed by atoms with E-state index in [-0.39, 0.29) is 16.9 Å². The van der Waals surface area contributed by atoms with Crippen molar-refractivity contribution >= 4 is 14.2 Å². The van der Waals surface area contributed by atoms with Crippen LogP contribution in [0.2, 0.25) is 18.1 Å². The van der Waals surface area contributed by atoms with E-state index in [0.29, 0.717) is 13.2 Å². The number of hydrogen-bond donors (Lipinski definition) is 1. The van der Waals surface area contributed by atoms with E-state index in [1.165, 1.54) is 12.8 Å². The van der Waals surface area contributed by atoms with Gasteiger partial charge in [0, 0.05) is 12.5 Å². The second-order valence-electron chi connectivity index (χ2n) is 6.88. The maximum atomic E-state index is 11.8. The molecule has 0 aromatic carbocycles. The minimum atomic E-state index is -1.66. The molecule has 0 bridgehead atoms. The van der Waals surface area contributed by atoms with Crippen molar-refractivity contribution in [1.82, 2.24) is 5.32 Å². The Hall–Kier alpha value is -0.353. The van der Waals surface area contributed by atoms with Crippen molar-refractivity contribution in [2.75, 3.05) is 13.2 Å². The first-order valence-corrected chi connectivity index (χ1v) is 10.1. The molecule has 1 amide bonds. The Balaban J connectivity index is 2.20. The number of rotatable bonds is 5. The van der Waals surface area contributed by atoms with Gasteiger partial charge in [-0.25, -0.2) is 0 Å². The predicted molar refractivity (Wildman–Crippen MR) is 78.1 cm³/mol. The summed E-state index contributed by atoms with van der Waals surface area (Å²) in [6, 6.07) is 0. The molecule has 0 atom stereocenters. The third kappa shape index (κ3) is 4.39. The number of amides is 1. The van der Waals surface area contributed by atoms with Crippen molar-refractivity contribution in [2.24, 2.45) is 5.92 Å². The zero-order valence-electron chi connectivity index (χ0n) is 12.6. The Morgan fingerprint density at radius 2 is 1.83 bits per heavy atom. The van der Waals surface area contributed by atoms with E-state index in [1.807, 2.05) is 0 Å². The highest BCUT2D eigenvalue weighted by atomic mass is 28.4. The van der Waals surface area contributed by atoms with Gasteiger partial charge in [0.15, 0.2) is 8.32 Å². The standard InChI is InChI=1S/C14H29NO2Si/c1-14(2,3)18(4,5)17-11-10-15-13(16)12-8-6-7-9-12/h12H,6-11H2,1-5H3,(H,15,16). The van der Waals surface area contributed by atoms with Gasteiger partial charge in [-0.2, -0.15) is 0 Å². The topological polar surface area (TPSA) is 38.3 Å². The van der Waals surface area contributed by atoms with Crippen molar-refractivity contribution in [3.05, 3.63) is 0 Å². The number of carbonyl (C=O) groups excluding carboxylic acids is 1. The first-order chi connectivity index (χ1) is 8.24. The highest BCUT2D eigenvalue weighted by molar-refractivity contribution is 6.74. The molecule has 0 aliphatic heterocycles. The van der Waals surface area contributed by atoms with Crippen LogP contribution in [0, 0.1) is 5.92 Å². The highest BCUT2D eigenvalue weighted by Gasteiger charge is 2.36. The number of nitrogens with one attached hydrogen (secondary N) is 1. The number of hydrogen-bond acceptors (Lipinski definition) is 2. The van der Waals surface area contributed by atoms with Crippen LogP contribution in [0.15, 0.2) is 0 Å². The highest BCUT2D eigenvalue weighted by Crippen LogP contribution is 2.36. The van der Waals surface area contributed by atoms with Crippen molar-refractivity contribution in [3.8, 4) is 0 Å². The average Bonchev–Trinajstić information content (AvgIpc) is 2.75. The molecule has 18 heavy (non-hydrogen) atoms. The van der Waals surface area contributed by atoms with Gasteiger partial charge in [0.1, 0.15) is 0 Å². The van der Waals surface area contributed by atoms with E-state index in [4.69, 9.17) is 4.43 Å². The van der Waals surface area contributed by atoms with Gasteiger partial charge in [0.25, 0.3) is 0 Å². The van der Waals surface area contributed by atoms with E-state index < -0.39 is 8.32 Å². The third-order valence-corrected chi connectivity index (χ3v) is 8.93. The summed E-state index contributed by atoms with van der Waals surface area (Å²) < 4.78 is 6.03. The Bertz CT molecular complexity index is 278. The largest absolute Gasteiger partial charge is 0.415 e. The lowest BCUT2D eigenvalue weighted by molar-refractivity contribution is -0.124. The van der Waals surface area contributed by atoms with Crippen molar-refractivity contribution in [1.29, 1.82) is 0 Å². The fraction of sp³-hybridized carbons (Fsp3) is 0.929. The fourth-order valence-electron chi connectivity index (χ4n) is 2.03. The second-order valence-corrected chi connectivity index (χ2v) is 11.7. The van der Waals surface area contributed by atoms with Crippen molar-refractivity contribution in [3.63, 3.8) is 0 Å². The Morgan fingerprint density at radius 1 is 1.28 bits per heavy atom. The lowest BCUT2D eigenvalue weighted by atomic mass is 10.1. The van der Waals surface area contributed by atoms with Crippen LogP contribution in [-0.4, -0.2) is 27.4 Å². The molecule has 3 nitrogen and oxygen atoms in total. The molecule has 0 radical (unpaired) electrons. The smallest absolute Gasteiger partial charge is 0.223 e. The van der Waals surface area contributed by atoms with Crippen LogP contribution < -0.4 is 5.32 Å². The zero-order chi connectivity index (χ0) is 13.8. The van der Waals surface area contributed by atoms with Gasteiger partial charge >= 0.3 is 0 Å². The molecule has 1 aliphatic carbocycles. The minimum Gasteiger partial charge on any atom is -0.415 e. The summed E-state index contributed by atoms with van der Waals surface area (Å²) in [6.45, 7) is 12.5. The first-order valence-electron chi connectivity index (χ1n) is 7.16. The molecule has 1 fully saturated rings. The summed E-state index contributed by atoms with van der Waals surface area (Å²) in [4.78, 5) is 11.8. The van der Waals surface area contributed by atoms with Gasteiger partial charge in [-0.1, -0.05) is 33.6 Å². The molecule has 0 saturated heterocycles. The zero-order valence-corrected chi connectivity index (χ0v) is 13.6. The molecule has 1 aliphatic rings. The fourth-order valence-corrected chi connectivity index (χ4v) is 3.07. The molecule has 4 heteroatoms. The quantitative estimate of drug-likeness (QED) is 0.615. The third-order valence-electron chi connectivity index (χ3n) is 4.40. The molecule has 1 N–H and O–H groups in total. The van der Waals surface area contributed by atoms with Gasteiger partial charge in [-0.3, -0.25) is 4.79 Å². The minimum absolute atomic E-state index is 0.228. The molecular formula is C14H29NO2Si. The van der Waals surface area contributed by atoms with E-state index in [9.17, 15) is 4.79 Å². The molecule has 1 saturated carbocycles. The summed E-state index contributed by atoms with van der Waals surface area (Å²) in [5.74, 6) is 0.490. The monoisotopic (exact) mass is 271 g/mol. The summed E-state index contributed by atoms with van der Waals surface area (Å²) in [5.41, 5.74) is 0. The Morgan fingerprint density at radius 3 is 2.33 bits per heavy atom. The number of carbonyl (C=O) groups is 1. The summed E-state index contributed by atoms with van der Waals surface area (Å²) in [5, 5.41) is 3.25. The van der Waals surface area contributed by atoms with E-state index in [0.717, 1.165) is 12.8 Å². The molecule has 0 aromatic rings.